The van der Waals surface area contributed by atoms with Gasteiger partial charge < -0.3 is 8.94 Å². The molecular weight excluding hydrogens is 404 g/mol. The molecule has 3 aromatic heterocycles. The molecule has 0 saturated carbocycles. The minimum absolute atomic E-state index is 0.00148. The first-order valence-corrected chi connectivity index (χ1v) is 9.78. The van der Waals surface area contributed by atoms with E-state index in [2.05, 4.69) is 25.3 Å². The standard InChI is InChI=1S/C16H12N6O4S2/c1-8-13(28-9(2)17-8)15-19-20-16(25-15)27-7-12-18-14(21-26-12)10-3-5-11(6-4-10)22(23)24/h3-6H,7H2,1-2H3. The summed E-state index contributed by atoms with van der Waals surface area (Å²) >= 11 is 2.77. The molecule has 0 aliphatic rings. The predicted molar refractivity (Wildman–Crippen MR) is 101 cm³/mol. The quantitative estimate of drug-likeness (QED) is 0.257. The number of non-ortho nitro benzene ring substituents is 1. The Morgan fingerprint density at radius 1 is 1.18 bits per heavy atom. The van der Waals surface area contributed by atoms with Crippen LogP contribution in [0.3, 0.4) is 0 Å². The number of hydrogen-bond donors (Lipinski definition) is 0. The molecule has 0 fully saturated rings. The van der Waals surface area contributed by atoms with Gasteiger partial charge >= 0.3 is 0 Å². The van der Waals surface area contributed by atoms with E-state index in [1.807, 2.05) is 13.8 Å². The van der Waals surface area contributed by atoms with E-state index in [0.29, 0.717) is 34.1 Å². The molecule has 12 heteroatoms. The Kier molecular flexibility index (Phi) is 4.88. The van der Waals surface area contributed by atoms with Crippen LogP contribution in [0.1, 0.15) is 16.6 Å². The SMILES string of the molecule is Cc1nc(C)c(-c2nnc(SCc3nc(-c4ccc([N+](=O)[O-])cc4)no3)o2)s1. The molecule has 0 amide bonds. The molecule has 0 N–H and O–H groups in total. The highest BCUT2D eigenvalue weighted by atomic mass is 32.2. The highest BCUT2D eigenvalue weighted by Gasteiger charge is 2.17. The van der Waals surface area contributed by atoms with Gasteiger partial charge in [0, 0.05) is 17.7 Å². The van der Waals surface area contributed by atoms with Crippen LogP contribution in [-0.4, -0.2) is 30.2 Å². The zero-order valence-electron chi connectivity index (χ0n) is 14.6. The lowest BCUT2D eigenvalue weighted by atomic mass is 10.2. The highest BCUT2D eigenvalue weighted by molar-refractivity contribution is 7.98. The lowest BCUT2D eigenvalue weighted by molar-refractivity contribution is -0.384. The van der Waals surface area contributed by atoms with Crippen molar-refractivity contribution in [3.63, 3.8) is 0 Å². The third kappa shape index (κ3) is 3.77. The van der Waals surface area contributed by atoms with Crippen LogP contribution in [-0.2, 0) is 5.75 Å². The van der Waals surface area contributed by atoms with E-state index in [0.717, 1.165) is 15.6 Å². The highest BCUT2D eigenvalue weighted by Crippen LogP contribution is 2.31. The third-order valence-corrected chi connectivity index (χ3v) is 5.49. The first-order chi connectivity index (χ1) is 13.5. The molecule has 0 radical (unpaired) electrons. The van der Waals surface area contributed by atoms with E-state index < -0.39 is 4.92 Å². The summed E-state index contributed by atoms with van der Waals surface area (Å²) in [6.45, 7) is 3.82. The Morgan fingerprint density at radius 2 is 1.96 bits per heavy atom. The molecule has 1 aromatic carbocycles. The van der Waals surface area contributed by atoms with Crippen molar-refractivity contribution in [2.24, 2.45) is 0 Å². The van der Waals surface area contributed by atoms with E-state index in [1.165, 1.54) is 35.2 Å². The summed E-state index contributed by atoms with van der Waals surface area (Å²) in [4.78, 5) is 19.7. The van der Waals surface area contributed by atoms with E-state index in [4.69, 9.17) is 8.94 Å². The van der Waals surface area contributed by atoms with Gasteiger partial charge in [-0.25, -0.2) is 4.98 Å². The zero-order chi connectivity index (χ0) is 19.7. The lowest BCUT2D eigenvalue weighted by Crippen LogP contribution is -1.88. The second-order valence-electron chi connectivity index (χ2n) is 5.62. The van der Waals surface area contributed by atoms with E-state index in [1.54, 1.807) is 12.1 Å². The Bertz CT molecular complexity index is 1130. The molecule has 0 atom stereocenters. The molecule has 0 bridgehead atoms. The molecule has 0 aliphatic heterocycles. The second kappa shape index (κ2) is 7.48. The van der Waals surface area contributed by atoms with Gasteiger partial charge in [0.05, 0.1) is 21.4 Å². The van der Waals surface area contributed by atoms with Crippen LogP contribution in [0.4, 0.5) is 5.69 Å². The number of nitro groups is 1. The monoisotopic (exact) mass is 416 g/mol. The van der Waals surface area contributed by atoms with Gasteiger partial charge in [-0.2, -0.15) is 4.98 Å². The molecule has 142 valence electrons. The second-order valence-corrected chi connectivity index (χ2v) is 7.75. The fourth-order valence-electron chi connectivity index (χ4n) is 2.38. The third-order valence-electron chi connectivity index (χ3n) is 3.63. The van der Waals surface area contributed by atoms with Gasteiger partial charge in [0.1, 0.15) is 4.88 Å². The van der Waals surface area contributed by atoms with Crippen LogP contribution in [0.5, 0.6) is 0 Å². The van der Waals surface area contributed by atoms with Gasteiger partial charge in [-0.05, 0) is 26.0 Å². The van der Waals surface area contributed by atoms with E-state index in [-0.39, 0.29) is 5.69 Å². The Balaban J connectivity index is 1.42. The van der Waals surface area contributed by atoms with Gasteiger partial charge in [-0.15, -0.1) is 21.5 Å². The molecule has 4 aromatic rings. The maximum Gasteiger partial charge on any atom is 0.277 e. The average molecular weight is 416 g/mol. The molecule has 28 heavy (non-hydrogen) atoms. The number of thioether (sulfide) groups is 1. The Hall–Kier alpha value is -3.12. The van der Waals surface area contributed by atoms with Gasteiger partial charge in [0.2, 0.25) is 11.7 Å². The first-order valence-electron chi connectivity index (χ1n) is 7.97. The number of rotatable bonds is 6. The number of nitrogens with zero attached hydrogens (tertiary/aromatic N) is 6. The summed E-state index contributed by atoms with van der Waals surface area (Å²) in [6.07, 6.45) is 0. The van der Waals surface area contributed by atoms with Crippen molar-refractivity contribution in [1.82, 2.24) is 25.3 Å². The minimum atomic E-state index is -0.463. The van der Waals surface area contributed by atoms with Crippen molar-refractivity contribution in [2.75, 3.05) is 0 Å². The molecular formula is C16H12N6O4S2. The van der Waals surface area contributed by atoms with Gasteiger partial charge in [0.15, 0.2) is 0 Å². The van der Waals surface area contributed by atoms with Crippen LogP contribution < -0.4 is 0 Å². The summed E-state index contributed by atoms with van der Waals surface area (Å²) in [7, 11) is 0. The number of aromatic nitrogens is 5. The molecule has 3 heterocycles. The Labute approximate surface area is 166 Å². The largest absolute Gasteiger partial charge is 0.410 e. The number of aryl methyl sites for hydroxylation is 2. The number of hydrogen-bond acceptors (Lipinski definition) is 11. The van der Waals surface area contributed by atoms with Crippen molar-refractivity contribution in [2.45, 2.75) is 24.8 Å². The molecule has 4 rings (SSSR count). The smallest absolute Gasteiger partial charge is 0.277 e. The molecule has 0 spiro atoms. The molecule has 10 nitrogen and oxygen atoms in total. The summed E-state index contributed by atoms with van der Waals surface area (Å²) in [5.74, 6) is 1.51. The van der Waals surface area contributed by atoms with Crippen molar-refractivity contribution in [3.05, 3.63) is 51.0 Å². The van der Waals surface area contributed by atoms with Crippen molar-refractivity contribution < 1.29 is 13.9 Å². The summed E-state index contributed by atoms with van der Waals surface area (Å²) in [5.41, 5.74) is 1.48. The van der Waals surface area contributed by atoms with Crippen LogP contribution in [0.25, 0.3) is 22.2 Å². The first kappa shape index (κ1) is 18.3. The van der Waals surface area contributed by atoms with Crippen LogP contribution in [0.2, 0.25) is 0 Å². The Morgan fingerprint density at radius 3 is 2.64 bits per heavy atom. The predicted octanol–water partition coefficient (Wildman–Crippen LogP) is 4.06. The molecule has 0 aliphatic carbocycles. The van der Waals surface area contributed by atoms with Gasteiger partial charge in [0.25, 0.3) is 16.8 Å². The molecule has 0 saturated heterocycles. The average Bonchev–Trinajstić information content (AvgIpc) is 3.40. The van der Waals surface area contributed by atoms with Gasteiger partial charge in [-0.3, -0.25) is 10.1 Å². The number of thiazole rings is 1. The van der Waals surface area contributed by atoms with Crippen molar-refractivity contribution >= 4 is 28.8 Å². The van der Waals surface area contributed by atoms with Crippen molar-refractivity contribution in [3.8, 4) is 22.2 Å². The maximum atomic E-state index is 10.7. The maximum absolute atomic E-state index is 10.7. The topological polar surface area (TPSA) is 134 Å². The summed E-state index contributed by atoms with van der Waals surface area (Å²) < 4.78 is 10.9. The van der Waals surface area contributed by atoms with E-state index >= 15 is 0 Å². The van der Waals surface area contributed by atoms with Crippen molar-refractivity contribution in [1.29, 1.82) is 0 Å². The van der Waals surface area contributed by atoms with Crippen LogP contribution in [0.15, 0.2) is 38.4 Å². The van der Waals surface area contributed by atoms with Crippen LogP contribution >= 0.6 is 23.1 Å². The summed E-state index contributed by atoms with van der Waals surface area (Å²) in [5, 5.41) is 24.0. The molecule has 0 unspecified atom stereocenters. The number of benzene rings is 1. The fourth-order valence-corrected chi connectivity index (χ4v) is 3.82. The van der Waals surface area contributed by atoms with E-state index in [9.17, 15) is 10.1 Å². The minimum Gasteiger partial charge on any atom is -0.410 e. The fraction of sp³-hybridized carbons (Fsp3) is 0.188. The lowest BCUT2D eigenvalue weighted by Gasteiger charge is -1.93. The summed E-state index contributed by atoms with van der Waals surface area (Å²) in [6, 6.07) is 5.93. The number of nitro benzene ring substituents is 1. The van der Waals surface area contributed by atoms with Crippen LogP contribution in [0, 0.1) is 24.0 Å². The normalized spacial score (nSPS) is 11.1. The zero-order valence-corrected chi connectivity index (χ0v) is 16.3. The van der Waals surface area contributed by atoms with Gasteiger partial charge in [-0.1, -0.05) is 16.9 Å².